The molecule has 0 aliphatic heterocycles. The quantitative estimate of drug-likeness (QED) is 0.300. The number of carbonyl (C=O) groups is 2. The Kier molecular flexibility index (Phi) is 11.0. The Bertz CT molecular complexity index is 1500. The van der Waals surface area contributed by atoms with E-state index in [-0.39, 0.29) is 23.0 Å². The second-order valence-corrected chi connectivity index (χ2v) is 12.8. The fourth-order valence-corrected chi connectivity index (χ4v) is 6.00. The van der Waals surface area contributed by atoms with E-state index >= 15 is 0 Å². The predicted molar refractivity (Wildman–Crippen MR) is 166 cm³/mol. The molecule has 0 unspecified atom stereocenters. The Morgan fingerprint density at radius 3 is 2.12 bits per heavy atom. The molecule has 232 valence electrons. The molecule has 3 aromatic carbocycles. The summed E-state index contributed by atoms with van der Waals surface area (Å²) in [6, 6.07) is 18.8. The molecule has 0 saturated carbocycles. The lowest BCUT2D eigenvalue weighted by Gasteiger charge is -2.35. The average Bonchev–Trinajstić information content (AvgIpc) is 2.98. The van der Waals surface area contributed by atoms with Crippen LogP contribution in [0.4, 0.5) is 5.69 Å². The third kappa shape index (κ3) is 8.41. The third-order valence-corrected chi connectivity index (χ3v) is 8.42. The standard InChI is InChI=1S/C32H41N3O7S/c1-8-27(31(37)33-32(2,3)4)34(21-23-13-12-14-25(19-23)40-5)30(36)22-35(43(38,39)26-15-10-9-11-16-26)24-17-18-28(41-6)29(20-24)42-7/h9-20,27H,8,21-22H2,1-7H3,(H,33,37)/t27-/m1/s1. The fourth-order valence-electron chi connectivity index (χ4n) is 4.57. The zero-order valence-electron chi connectivity index (χ0n) is 25.8. The van der Waals surface area contributed by atoms with Crippen molar-refractivity contribution in [1.29, 1.82) is 0 Å². The summed E-state index contributed by atoms with van der Waals surface area (Å²) >= 11 is 0. The van der Waals surface area contributed by atoms with Crippen molar-refractivity contribution in [2.24, 2.45) is 0 Å². The Morgan fingerprint density at radius 1 is 0.860 bits per heavy atom. The van der Waals surface area contributed by atoms with Crippen LogP contribution >= 0.6 is 0 Å². The molecule has 3 rings (SSSR count). The van der Waals surface area contributed by atoms with Gasteiger partial charge in [0.15, 0.2) is 11.5 Å². The van der Waals surface area contributed by atoms with Gasteiger partial charge >= 0.3 is 0 Å². The first-order valence-electron chi connectivity index (χ1n) is 13.9. The molecule has 0 aromatic heterocycles. The summed E-state index contributed by atoms with van der Waals surface area (Å²) in [5.41, 5.74) is 0.374. The molecule has 1 atom stereocenters. The number of sulfonamides is 1. The second kappa shape index (κ2) is 14.3. The minimum Gasteiger partial charge on any atom is -0.497 e. The third-order valence-electron chi connectivity index (χ3n) is 6.64. The topological polar surface area (TPSA) is 114 Å². The summed E-state index contributed by atoms with van der Waals surface area (Å²) < 4.78 is 45.2. The smallest absolute Gasteiger partial charge is 0.264 e. The van der Waals surface area contributed by atoms with Crippen molar-refractivity contribution in [3.05, 3.63) is 78.4 Å². The van der Waals surface area contributed by atoms with E-state index in [1.54, 1.807) is 55.6 Å². The number of hydrogen-bond donors (Lipinski definition) is 1. The van der Waals surface area contributed by atoms with Crippen LogP contribution in [0.3, 0.4) is 0 Å². The number of nitrogens with zero attached hydrogens (tertiary/aromatic N) is 2. The van der Waals surface area contributed by atoms with Crippen LogP contribution in [0.5, 0.6) is 17.2 Å². The molecule has 2 amide bonds. The molecule has 0 spiro atoms. The number of methoxy groups -OCH3 is 3. The summed E-state index contributed by atoms with van der Waals surface area (Å²) in [7, 11) is 0.240. The minimum atomic E-state index is -4.22. The highest BCUT2D eigenvalue weighted by Crippen LogP contribution is 2.34. The summed E-state index contributed by atoms with van der Waals surface area (Å²) in [6.07, 6.45) is 0.305. The van der Waals surface area contributed by atoms with Gasteiger partial charge in [0.1, 0.15) is 18.3 Å². The van der Waals surface area contributed by atoms with E-state index in [1.165, 1.54) is 37.3 Å². The maximum absolute atomic E-state index is 14.3. The Labute approximate surface area is 254 Å². The summed E-state index contributed by atoms with van der Waals surface area (Å²) in [6.45, 7) is 6.87. The number of carbonyl (C=O) groups excluding carboxylic acids is 2. The maximum Gasteiger partial charge on any atom is 0.264 e. The van der Waals surface area contributed by atoms with Crippen molar-refractivity contribution in [3.63, 3.8) is 0 Å². The van der Waals surface area contributed by atoms with Crippen molar-refractivity contribution in [1.82, 2.24) is 10.2 Å². The number of amides is 2. The molecule has 0 bridgehead atoms. The highest BCUT2D eigenvalue weighted by atomic mass is 32.2. The highest BCUT2D eigenvalue weighted by Gasteiger charge is 2.35. The first-order chi connectivity index (χ1) is 20.3. The first kappa shape index (κ1) is 33.3. The van der Waals surface area contributed by atoms with Gasteiger partial charge in [-0.2, -0.15) is 0 Å². The average molecular weight is 612 g/mol. The van der Waals surface area contributed by atoms with Gasteiger partial charge in [-0.25, -0.2) is 8.42 Å². The van der Waals surface area contributed by atoms with E-state index in [9.17, 15) is 18.0 Å². The highest BCUT2D eigenvalue weighted by molar-refractivity contribution is 7.92. The van der Waals surface area contributed by atoms with E-state index in [1.807, 2.05) is 33.8 Å². The van der Waals surface area contributed by atoms with Gasteiger partial charge in [0.05, 0.1) is 31.9 Å². The number of rotatable bonds is 13. The summed E-state index contributed by atoms with van der Waals surface area (Å²) in [4.78, 5) is 29.2. The van der Waals surface area contributed by atoms with E-state index in [2.05, 4.69) is 5.32 Å². The number of benzene rings is 3. The van der Waals surface area contributed by atoms with Gasteiger partial charge in [0.25, 0.3) is 10.0 Å². The van der Waals surface area contributed by atoms with Gasteiger partial charge in [-0.3, -0.25) is 13.9 Å². The largest absolute Gasteiger partial charge is 0.497 e. The van der Waals surface area contributed by atoms with Crippen molar-refractivity contribution in [3.8, 4) is 17.2 Å². The van der Waals surface area contributed by atoms with E-state index in [4.69, 9.17) is 14.2 Å². The molecular weight excluding hydrogens is 570 g/mol. The van der Waals surface area contributed by atoms with E-state index in [0.717, 1.165) is 9.87 Å². The lowest BCUT2D eigenvalue weighted by Crippen LogP contribution is -2.55. The summed E-state index contributed by atoms with van der Waals surface area (Å²) in [5.74, 6) is 0.391. The van der Waals surface area contributed by atoms with Crippen molar-refractivity contribution in [2.45, 2.75) is 57.1 Å². The monoisotopic (exact) mass is 611 g/mol. The van der Waals surface area contributed by atoms with Crippen LogP contribution in [0.25, 0.3) is 0 Å². The van der Waals surface area contributed by atoms with Crippen molar-refractivity contribution >= 4 is 27.5 Å². The van der Waals surface area contributed by atoms with Gasteiger partial charge in [-0.1, -0.05) is 37.3 Å². The zero-order chi connectivity index (χ0) is 31.8. The number of anilines is 1. The molecule has 1 N–H and O–H groups in total. The minimum absolute atomic E-state index is 0.00875. The zero-order valence-corrected chi connectivity index (χ0v) is 26.6. The molecular formula is C32H41N3O7S. The number of hydrogen-bond acceptors (Lipinski definition) is 7. The molecule has 0 saturated heterocycles. The Balaban J connectivity index is 2.13. The normalized spacial score (nSPS) is 12.2. The van der Waals surface area contributed by atoms with Gasteiger partial charge in [-0.05, 0) is 69.2 Å². The van der Waals surface area contributed by atoms with Crippen molar-refractivity contribution < 1.29 is 32.2 Å². The van der Waals surface area contributed by atoms with Crippen LogP contribution < -0.4 is 23.8 Å². The van der Waals surface area contributed by atoms with Crippen LogP contribution in [0.1, 0.15) is 39.7 Å². The van der Waals surface area contributed by atoms with Crippen molar-refractivity contribution in [2.75, 3.05) is 32.2 Å². The first-order valence-corrected chi connectivity index (χ1v) is 15.3. The number of nitrogens with one attached hydrogen (secondary N) is 1. The molecule has 0 aliphatic carbocycles. The second-order valence-electron chi connectivity index (χ2n) is 10.9. The van der Waals surface area contributed by atoms with Gasteiger partial charge in [0, 0.05) is 18.2 Å². The van der Waals surface area contributed by atoms with E-state index in [0.29, 0.717) is 23.7 Å². The fraction of sp³-hybridized carbons (Fsp3) is 0.375. The van der Waals surface area contributed by atoms with Crippen LogP contribution in [0.15, 0.2) is 77.7 Å². The Morgan fingerprint density at radius 2 is 1.53 bits per heavy atom. The molecule has 0 heterocycles. The molecule has 3 aromatic rings. The van der Waals surface area contributed by atoms with Crippen LogP contribution in [0.2, 0.25) is 0 Å². The van der Waals surface area contributed by atoms with Gasteiger partial charge in [-0.15, -0.1) is 0 Å². The van der Waals surface area contributed by atoms with Crippen LogP contribution in [-0.4, -0.2) is 64.6 Å². The van der Waals surface area contributed by atoms with Crippen LogP contribution in [-0.2, 0) is 26.2 Å². The molecule has 43 heavy (non-hydrogen) atoms. The van der Waals surface area contributed by atoms with E-state index < -0.39 is 34.1 Å². The Hall–Kier alpha value is -4.25. The summed E-state index contributed by atoms with van der Waals surface area (Å²) in [5, 5.41) is 2.96. The molecule has 11 heteroatoms. The maximum atomic E-state index is 14.3. The molecule has 10 nitrogen and oxygen atoms in total. The molecule has 0 fully saturated rings. The SMILES string of the molecule is CC[C@H](C(=O)NC(C)(C)C)N(Cc1cccc(OC)c1)C(=O)CN(c1ccc(OC)c(OC)c1)S(=O)(=O)c1ccccc1. The van der Waals surface area contributed by atoms with Gasteiger partial charge < -0.3 is 24.4 Å². The van der Waals surface area contributed by atoms with Gasteiger partial charge in [0.2, 0.25) is 11.8 Å². The molecule has 0 aliphatic rings. The molecule has 0 radical (unpaired) electrons. The number of ether oxygens (including phenoxy) is 3. The predicted octanol–water partition coefficient (Wildman–Crippen LogP) is 4.63. The van der Waals surface area contributed by atoms with Crippen LogP contribution in [0, 0.1) is 0 Å². The lowest BCUT2D eigenvalue weighted by molar-refractivity contribution is -0.141. The lowest BCUT2D eigenvalue weighted by atomic mass is 10.1.